The van der Waals surface area contributed by atoms with Crippen molar-refractivity contribution in [2.75, 3.05) is 6.54 Å². The molecule has 21 nitrogen and oxygen atoms in total. The smallest absolute Gasteiger partial charge is 0.444 e. The number of nitrogens with one attached hydrogen (secondary N) is 5. The standard InChI is InChI=1S/C41H68F3N5O16/c1-12-14-23(50)31(54)46-21-17-22(48-37(58)65-40(9,10)11)30(28(53)29(21)62-33-27(52)25(26(51)24(13-2)60-33)49-34(55)41(42,43)44)61-32-20(47-36(57)64-39(6,7)8)16-15-19(59-32)18-45-35(56)63-38(3,4)5/h15-16,19-30,32-33,50-53H,12-14,17-18H2,1-11H3,(H,45,56)(H,46,54)(H,47,57)(H,48,58)(H,49,55)/t19?,20?,21-,22-,23+,24?,25+,26-,27?,28?,29+,30?,32-,33-/m1/s1. The Labute approximate surface area is 376 Å². The fourth-order valence-electron chi connectivity index (χ4n) is 7.01. The average molecular weight is 944 g/mol. The number of amides is 5. The maximum Gasteiger partial charge on any atom is 0.471 e. The zero-order valence-corrected chi connectivity index (χ0v) is 38.6. The van der Waals surface area contributed by atoms with Crippen molar-refractivity contribution in [1.82, 2.24) is 26.6 Å². The second-order valence-corrected chi connectivity index (χ2v) is 19.0. The van der Waals surface area contributed by atoms with E-state index in [0.29, 0.717) is 6.42 Å². The molecule has 0 radical (unpaired) electrons. The number of alkyl halides is 3. The first-order valence-electron chi connectivity index (χ1n) is 21.5. The Kier molecular flexibility index (Phi) is 19.3. The van der Waals surface area contributed by atoms with Crippen LogP contribution in [0.2, 0.25) is 0 Å². The van der Waals surface area contributed by atoms with Gasteiger partial charge in [-0.05, 0) is 81.6 Å². The van der Waals surface area contributed by atoms with Crippen LogP contribution in [-0.4, -0.2) is 166 Å². The third kappa shape index (κ3) is 17.3. The molecule has 0 aromatic carbocycles. The fourth-order valence-corrected chi connectivity index (χ4v) is 7.01. The van der Waals surface area contributed by atoms with Gasteiger partial charge < -0.3 is 80.2 Å². The summed E-state index contributed by atoms with van der Waals surface area (Å²) < 4.78 is 80.9. The van der Waals surface area contributed by atoms with Crippen molar-refractivity contribution in [1.29, 1.82) is 0 Å². The molecule has 24 heteroatoms. The highest BCUT2D eigenvalue weighted by molar-refractivity contribution is 5.82. The quantitative estimate of drug-likeness (QED) is 0.0884. The van der Waals surface area contributed by atoms with Crippen molar-refractivity contribution >= 4 is 30.1 Å². The van der Waals surface area contributed by atoms with Crippen LogP contribution in [0.4, 0.5) is 27.6 Å². The van der Waals surface area contributed by atoms with Gasteiger partial charge in [0.05, 0.1) is 36.9 Å². The van der Waals surface area contributed by atoms with Crippen LogP contribution in [0.3, 0.4) is 0 Å². The largest absolute Gasteiger partial charge is 0.471 e. The molecule has 1 saturated heterocycles. The van der Waals surface area contributed by atoms with Gasteiger partial charge in [-0.2, -0.15) is 13.2 Å². The van der Waals surface area contributed by atoms with Crippen LogP contribution in [0.1, 0.15) is 102 Å². The van der Waals surface area contributed by atoms with E-state index in [1.165, 1.54) is 19.1 Å². The third-order valence-corrected chi connectivity index (χ3v) is 9.78. The van der Waals surface area contributed by atoms with E-state index in [1.54, 1.807) is 74.6 Å². The summed E-state index contributed by atoms with van der Waals surface area (Å²) in [5, 5.41) is 57.1. The maximum absolute atomic E-state index is 13.4. The van der Waals surface area contributed by atoms with E-state index in [-0.39, 0.29) is 19.4 Å². The number of halogens is 3. The maximum atomic E-state index is 13.4. The van der Waals surface area contributed by atoms with Gasteiger partial charge in [-0.15, -0.1) is 0 Å². The molecule has 9 N–H and O–H groups in total. The van der Waals surface area contributed by atoms with Crippen molar-refractivity contribution in [3.05, 3.63) is 12.2 Å². The Morgan fingerprint density at radius 3 is 1.74 bits per heavy atom. The molecule has 374 valence electrons. The molecule has 0 spiro atoms. The van der Waals surface area contributed by atoms with Gasteiger partial charge >= 0.3 is 30.4 Å². The third-order valence-electron chi connectivity index (χ3n) is 9.78. The minimum absolute atomic E-state index is 0.00157. The van der Waals surface area contributed by atoms with Crippen molar-refractivity contribution < 1.29 is 90.7 Å². The minimum Gasteiger partial charge on any atom is -0.444 e. The number of rotatable bonds is 14. The summed E-state index contributed by atoms with van der Waals surface area (Å²) in [6, 6.07) is -5.96. The van der Waals surface area contributed by atoms with Gasteiger partial charge in [0.2, 0.25) is 5.91 Å². The molecule has 0 aromatic heterocycles. The lowest BCUT2D eigenvalue weighted by Gasteiger charge is -2.49. The number of carbonyl (C=O) groups is 5. The highest BCUT2D eigenvalue weighted by Gasteiger charge is 2.54. The molecule has 65 heavy (non-hydrogen) atoms. The van der Waals surface area contributed by atoms with Crippen LogP contribution < -0.4 is 26.6 Å². The molecule has 5 amide bonds. The van der Waals surface area contributed by atoms with Gasteiger partial charge in [-0.1, -0.05) is 32.4 Å². The number of ether oxygens (including phenoxy) is 7. The highest BCUT2D eigenvalue weighted by atomic mass is 19.4. The first-order valence-corrected chi connectivity index (χ1v) is 21.5. The number of alkyl carbamates (subject to hydrolysis) is 3. The van der Waals surface area contributed by atoms with Crippen molar-refractivity contribution in [2.24, 2.45) is 0 Å². The summed E-state index contributed by atoms with van der Waals surface area (Å²) in [5.41, 5.74) is -2.84. The van der Waals surface area contributed by atoms with Gasteiger partial charge in [-0.3, -0.25) is 9.59 Å². The van der Waals surface area contributed by atoms with Crippen molar-refractivity contribution in [3.8, 4) is 0 Å². The number of carbonyl (C=O) groups excluding carboxylic acids is 5. The van der Waals surface area contributed by atoms with Gasteiger partial charge in [-0.25, -0.2) is 14.4 Å². The Balaban J connectivity index is 2.13. The predicted molar refractivity (Wildman–Crippen MR) is 221 cm³/mol. The topological polar surface area (TPSA) is 291 Å². The summed E-state index contributed by atoms with van der Waals surface area (Å²) in [6.45, 7) is 17.6. The molecule has 2 aliphatic heterocycles. The van der Waals surface area contributed by atoms with E-state index in [1.807, 2.05) is 0 Å². The van der Waals surface area contributed by atoms with Crippen LogP contribution in [0.15, 0.2) is 12.2 Å². The van der Waals surface area contributed by atoms with E-state index in [0.717, 1.165) is 0 Å². The summed E-state index contributed by atoms with van der Waals surface area (Å²) in [7, 11) is 0. The second-order valence-electron chi connectivity index (χ2n) is 19.0. The molecule has 1 saturated carbocycles. The Morgan fingerprint density at radius 1 is 0.692 bits per heavy atom. The number of aliphatic hydroxyl groups is 4. The summed E-state index contributed by atoms with van der Waals surface area (Å²) in [4.78, 5) is 64.4. The molecule has 1 aliphatic carbocycles. The van der Waals surface area contributed by atoms with Crippen LogP contribution in [0, 0.1) is 0 Å². The molecule has 0 bridgehead atoms. The SMILES string of the molecule is CCC[C@H](O)C(=O)N[C@@H]1C[C@@H](NC(=O)OC(C)(C)C)C(O[C@H]2OC(CNC(=O)OC(C)(C)C)C=CC2NC(=O)OC(C)(C)C)C(O)[C@H]1O[C@H]1OC(CC)[C@@H](O)[C@H](NC(=O)C(F)(F)F)C1O. The first kappa shape index (κ1) is 55.3. The van der Waals surface area contributed by atoms with Gasteiger partial charge in [0.1, 0.15) is 59.5 Å². The first-order chi connectivity index (χ1) is 29.8. The lowest BCUT2D eigenvalue weighted by Crippen LogP contribution is -2.70. The average Bonchev–Trinajstić information content (AvgIpc) is 3.14. The van der Waals surface area contributed by atoms with Crippen LogP contribution in [-0.2, 0) is 42.7 Å². The number of aliphatic hydroxyl groups excluding tert-OH is 4. The van der Waals surface area contributed by atoms with E-state index in [9.17, 15) is 57.6 Å². The molecule has 2 heterocycles. The summed E-state index contributed by atoms with van der Waals surface area (Å²) in [6.07, 6.45) is -22.3. The Hall–Kier alpha value is -4.04. The van der Waals surface area contributed by atoms with Gasteiger partial charge in [0.25, 0.3) is 0 Å². The fraction of sp³-hybridized carbons (Fsp3) is 0.829. The molecular formula is C41H68F3N5O16. The van der Waals surface area contributed by atoms with Crippen LogP contribution >= 0.6 is 0 Å². The van der Waals surface area contributed by atoms with E-state index in [2.05, 4.69) is 21.3 Å². The molecule has 3 rings (SSSR count). The van der Waals surface area contributed by atoms with E-state index >= 15 is 0 Å². The molecule has 6 unspecified atom stereocenters. The van der Waals surface area contributed by atoms with E-state index < -0.39 is 145 Å². The zero-order chi connectivity index (χ0) is 49.4. The van der Waals surface area contributed by atoms with Crippen molar-refractivity contribution in [3.63, 3.8) is 0 Å². The Bertz CT molecular complexity index is 1650. The molecule has 3 aliphatic rings. The lowest BCUT2D eigenvalue weighted by atomic mass is 9.83. The molecule has 2 fully saturated rings. The van der Waals surface area contributed by atoms with Crippen LogP contribution in [0.5, 0.6) is 0 Å². The second kappa shape index (κ2) is 22.6. The zero-order valence-electron chi connectivity index (χ0n) is 38.6. The van der Waals surface area contributed by atoms with Gasteiger partial charge in [0.15, 0.2) is 12.6 Å². The van der Waals surface area contributed by atoms with Crippen molar-refractivity contribution in [2.45, 2.75) is 210 Å². The molecule has 0 aromatic rings. The van der Waals surface area contributed by atoms with E-state index in [4.69, 9.17) is 33.2 Å². The molecule has 14 atom stereocenters. The predicted octanol–water partition coefficient (Wildman–Crippen LogP) is 1.66. The lowest BCUT2D eigenvalue weighted by molar-refractivity contribution is -0.312. The number of hydrogen-bond acceptors (Lipinski definition) is 16. The minimum atomic E-state index is -5.41. The van der Waals surface area contributed by atoms with Gasteiger partial charge in [0, 0.05) is 0 Å². The summed E-state index contributed by atoms with van der Waals surface area (Å²) in [5.74, 6) is -3.43. The monoisotopic (exact) mass is 943 g/mol. The van der Waals surface area contributed by atoms with Crippen LogP contribution in [0.25, 0.3) is 0 Å². The summed E-state index contributed by atoms with van der Waals surface area (Å²) >= 11 is 0. The Morgan fingerprint density at radius 2 is 1.22 bits per heavy atom. The molecular weight excluding hydrogens is 875 g/mol. The number of hydrogen-bond donors (Lipinski definition) is 9. The normalized spacial score (nSPS) is 31.4. The highest BCUT2D eigenvalue weighted by Crippen LogP contribution is 2.33.